The van der Waals surface area contributed by atoms with Gasteiger partial charge in [0.1, 0.15) is 11.3 Å². The van der Waals surface area contributed by atoms with E-state index in [-0.39, 0.29) is 41.9 Å². The summed E-state index contributed by atoms with van der Waals surface area (Å²) in [5, 5.41) is 13.4. The summed E-state index contributed by atoms with van der Waals surface area (Å²) in [5.41, 5.74) is 1.26. The van der Waals surface area contributed by atoms with Gasteiger partial charge in [-0.1, -0.05) is 30.3 Å². The van der Waals surface area contributed by atoms with Crippen molar-refractivity contribution in [2.45, 2.75) is 45.1 Å². The number of aliphatic hydroxyl groups is 1. The summed E-state index contributed by atoms with van der Waals surface area (Å²) >= 11 is 0. The molecule has 0 spiro atoms. The highest BCUT2D eigenvalue weighted by atomic mass is 35.5. The van der Waals surface area contributed by atoms with Crippen LogP contribution < -0.4 is 10.9 Å². The highest BCUT2D eigenvalue weighted by Gasteiger charge is 2.45. The topological polar surface area (TPSA) is 82.8 Å². The lowest BCUT2D eigenvalue weighted by Crippen LogP contribution is -2.62. The van der Waals surface area contributed by atoms with Gasteiger partial charge in [-0.15, -0.1) is 12.4 Å². The molecule has 2 aromatic rings. The van der Waals surface area contributed by atoms with Gasteiger partial charge in [-0.3, -0.25) is 4.79 Å². The predicted molar refractivity (Wildman–Crippen MR) is 122 cm³/mol. The maximum atomic E-state index is 13.2. The van der Waals surface area contributed by atoms with Crippen molar-refractivity contribution in [1.82, 2.24) is 10.2 Å². The molecule has 0 radical (unpaired) electrons. The SMILES string of the molecule is Cc1cc(CCc2ccccc2)oc(=O)c1C(=O)N1CC[C@@]2(CO)CCCN[C@@H]2C1.Cl. The lowest BCUT2D eigenvalue weighted by atomic mass is 9.70. The molecule has 2 atom stereocenters. The Morgan fingerprint density at radius 2 is 2.03 bits per heavy atom. The number of carbonyl (C=O) groups excluding carboxylic acids is 1. The summed E-state index contributed by atoms with van der Waals surface area (Å²) in [7, 11) is 0. The zero-order valence-corrected chi connectivity index (χ0v) is 18.7. The maximum Gasteiger partial charge on any atom is 0.349 e. The molecule has 2 fully saturated rings. The van der Waals surface area contributed by atoms with Crippen LogP contribution in [0.15, 0.2) is 45.6 Å². The van der Waals surface area contributed by atoms with E-state index in [1.165, 1.54) is 5.56 Å². The Bertz CT molecular complexity index is 962. The van der Waals surface area contributed by atoms with Gasteiger partial charge in [0.05, 0.1) is 6.61 Å². The number of aliphatic hydroxyl groups excluding tert-OH is 1. The predicted octanol–water partition coefficient (Wildman–Crippen LogP) is 2.73. The van der Waals surface area contributed by atoms with Crippen molar-refractivity contribution in [3.05, 3.63) is 69.3 Å². The molecule has 1 amide bonds. The van der Waals surface area contributed by atoms with Crippen LogP contribution in [0.1, 0.15) is 46.5 Å². The monoisotopic (exact) mass is 446 g/mol. The number of benzene rings is 1. The summed E-state index contributed by atoms with van der Waals surface area (Å²) in [5.74, 6) is 0.333. The number of piperidine rings is 2. The third-order valence-electron chi connectivity index (χ3n) is 6.78. The molecule has 0 saturated carbocycles. The molecule has 1 aromatic carbocycles. The van der Waals surface area contributed by atoms with Crippen molar-refractivity contribution in [2.75, 3.05) is 26.2 Å². The summed E-state index contributed by atoms with van der Waals surface area (Å²) in [4.78, 5) is 27.6. The molecule has 2 aliphatic rings. The lowest BCUT2D eigenvalue weighted by molar-refractivity contribution is -0.00897. The van der Waals surface area contributed by atoms with Crippen molar-refractivity contribution >= 4 is 18.3 Å². The van der Waals surface area contributed by atoms with Crippen molar-refractivity contribution in [2.24, 2.45) is 5.41 Å². The Hall–Kier alpha value is -2.15. The molecule has 2 N–H and O–H groups in total. The van der Waals surface area contributed by atoms with E-state index in [2.05, 4.69) is 5.32 Å². The van der Waals surface area contributed by atoms with Gasteiger partial charge in [0.25, 0.3) is 5.91 Å². The molecule has 0 aliphatic carbocycles. The summed E-state index contributed by atoms with van der Waals surface area (Å²) in [6.45, 7) is 3.88. The number of likely N-dealkylation sites (tertiary alicyclic amines) is 1. The van der Waals surface area contributed by atoms with Crippen LogP contribution in [0.4, 0.5) is 0 Å². The number of hydrogen-bond donors (Lipinski definition) is 2. The molecule has 31 heavy (non-hydrogen) atoms. The minimum atomic E-state index is -0.557. The van der Waals surface area contributed by atoms with E-state index in [1.807, 2.05) is 36.4 Å². The number of carbonyl (C=O) groups is 1. The maximum absolute atomic E-state index is 13.2. The molecular weight excluding hydrogens is 416 g/mol. The van der Waals surface area contributed by atoms with Crippen LogP contribution >= 0.6 is 12.4 Å². The van der Waals surface area contributed by atoms with Gasteiger partial charge in [-0.25, -0.2) is 4.79 Å². The van der Waals surface area contributed by atoms with Crippen LogP contribution in [-0.2, 0) is 12.8 Å². The number of aryl methyl sites for hydroxylation is 3. The van der Waals surface area contributed by atoms with Gasteiger partial charge in [0.15, 0.2) is 0 Å². The second-order valence-electron chi connectivity index (χ2n) is 8.68. The van der Waals surface area contributed by atoms with Gasteiger partial charge in [0.2, 0.25) is 0 Å². The van der Waals surface area contributed by atoms with E-state index < -0.39 is 5.63 Å². The van der Waals surface area contributed by atoms with Crippen LogP contribution in [0.5, 0.6) is 0 Å². The zero-order valence-electron chi connectivity index (χ0n) is 17.9. The lowest BCUT2D eigenvalue weighted by Gasteiger charge is -2.50. The Morgan fingerprint density at radius 3 is 2.74 bits per heavy atom. The molecule has 0 unspecified atom stereocenters. The Balaban J connectivity index is 0.00000272. The number of nitrogens with one attached hydrogen (secondary N) is 1. The van der Waals surface area contributed by atoms with Crippen LogP contribution in [0, 0.1) is 12.3 Å². The van der Waals surface area contributed by atoms with E-state index in [9.17, 15) is 14.7 Å². The number of hydrogen-bond acceptors (Lipinski definition) is 5. The standard InChI is InChI=1S/C24H30N2O4.ClH/c1-17-14-19(9-8-18-6-3-2-4-7-18)30-23(29)21(17)22(28)26-13-11-24(16-27)10-5-12-25-20(24)15-26;/h2-4,6-7,14,20,25,27H,5,8-13,15-16H2,1H3;1H/t20-,24-;/m1./s1. The molecular formula is C24H31ClN2O4. The van der Waals surface area contributed by atoms with Crippen molar-refractivity contribution in [1.29, 1.82) is 0 Å². The summed E-state index contributed by atoms with van der Waals surface area (Å²) in [6, 6.07) is 11.9. The average molecular weight is 447 g/mol. The number of fused-ring (bicyclic) bond motifs is 1. The molecule has 4 rings (SSSR count). The summed E-state index contributed by atoms with van der Waals surface area (Å²) in [6.07, 6.45) is 4.15. The van der Waals surface area contributed by atoms with Crippen molar-refractivity contribution in [3.8, 4) is 0 Å². The van der Waals surface area contributed by atoms with Crippen molar-refractivity contribution in [3.63, 3.8) is 0 Å². The van der Waals surface area contributed by atoms with E-state index in [1.54, 1.807) is 11.8 Å². The van der Waals surface area contributed by atoms with E-state index >= 15 is 0 Å². The second-order valence-corrected chi connectivity index (χ2v) is 8.68. The smallest absolute Gasteiger partial charge is 0.349 e. The zero-order chi connectivity index (χ0) is 21.1. The molecule has 168 valence electrons. The third kappa shape index (κ3) is 4.86. The Labute approximate surface area is 189 Å². The van der Waals surface area contributed by atoms with Gasteiger partial charge in [-0.05, 0) is 56.3 Å². The van der Waals surface area contributed by atoms with Gasteiger partial charge in [-0.2, -0.15) is 0 Å². The third-order valence-corrected chi connectivity index (χ3v) is 6.78. The fourth-order valence-electron chi connectivity index (χ4n) is 4.91. The van der Waals surface area contributed by atoms with Crippen LogP contribution in [0.25, 0.3) is 0 Å². The van der Waals surface area contributed by atoms with Crippen LogP contribution in [0.3, 0.4) is 0 Å². The van der Waals surface area contributed by atoms with Crippen LogP contribution in [-0.4, -0.2) is 48.2 Å². The number of nitrogens with zero attached hydrogens (tertiary/aromatic N) is 1. The second kappa shape index (κ2) is 9.98. The summed E-state index contributed by atoms with van der Waals surface area (Å²) < 4.78 is 5.51. The first kappa shape index (κ1) is 23.5. The molecule has 2 aliphatic heterocycles. The number of amides is 1. The first-order valence-electron chi connectivity index (χ1n) is 10.8. The molecule has 6 nitrogen and oxygen atoms in total. The van der Waals surface area contributed by atoms with E-state index in [0.29, 0.717) is 30.8 Å². The minimum Gasteiger partial charge on any atom is -0.427 e. The van der Waals surface area contributed by atoms with Crippen LogP contribution in [0.2, 0.25) is 0 Å². The minimum absolute atomic E-state index is 0. The highest BCUT2D eigenvalue weighted by Crippen LogP contribution is 2.38. The molecule has 0 bridgehead atoms. The fourth-order valence-corrected chi connectivity index (χ4v) is 4.91. The van der Waals surface area contributed by atoms with E-state index in [0.717, 1.165) is 32.2 Å². The van der Waals surface area contributed by atoms with Gasteiger partial charge < -0.3 is 19.7 Å². The largest absolute Gasteiger partial charge is 0.427 e. The molecule has 2 saturated heterocycles. The molecule has 3 heterocycles. The highest BCUT2D eigenvalue weighted by molar-refractivity contribution is 5.95. The Morgan fingerprint density at radius 1 is 1.26 bits per heavy atom. The Kier molecular flexibility index (Phi) is 7.57. The molecule has 1 aromatic heterocycles. The van der Waals surface area contributed by atoms with Gasteiger partial charge >= 0.3 is 5.63 Å². The first-order chi connectivity index (χ1) is 14.5. The normalized spacial score (nSPS) is 23.0. The fraction of sp³-hybridized carbons (Fsp3) is 0.500. The van der Waals surface area contributed by atoms with E-state index in [4.69, 9.17) is 4.42 Å². The number of rotatable bonds is 5. The average Bonchev–Trinajstić information content (AvgIpc) is 2.77. The molecule has 7 heteroatoms. The quantitative estimate of drug-likeness (QED) is 0.737. The van der Waals surface area contributed by atoms with Crippen molar-refractivity contribution < 1.29 is 14.3 Å². The number of halogens is 1. The van der Waals surface area contributed by atoms with Gasteiger partial charge in [0, 0.05) is 31.0 Å². The first-order valence-corrected chi connectivity index (χ1v) is 10.8.